The fourth-order valence-corrected chi connectivity index (χ4v) is 4.00. The first-order chi connectivity index (χ1) is 12.6. The molecule has 3 aromatic rings. The van der Waals surface area contributed by atoms with Crippen molar-refractivity contribution in [3.63, 3.8) is 0 Å². The van der Waals surface area contributed by atoms with Crippen LogP contribution in [0.25, 0.3) is 10.8 Å². The minimum Gasteiger partial charge on any atom is -0.489 e. The predicted molar refractivity (Wildman–Crippen MR) is 97.9 cm³/mol. The lowest BCUT2D eigenvalue weighted by Crippen LogP contribution is -2.38. The van der Waals surface area contributed by atoms with Crippen LogP contribution in [-0.2, 0) is 0 Å². The summed E-state index contributed by atoms with van der Waals surface area (Å²) in [6.07, 6.45) is 1.78. The van der Waals surface area contributed by atoms with E-state index in [4.69, 9.17) is 9.26 Å². The molecule has 4 rings (SSSR count). The summed E-state index contributed by atoms with van der Waals surface area (Å²) in [6.45, 7) is 3.36. The second kappa shape index (κ2) is 7.28. The number of nitrogens with zero attached hydrogens (tertiary/aromatic N) is 5. The maximum absolute atomic E-state index is 13.2. The van der Waals surface area contributed by atoms with Crippen molar-refractivity contribution in [2.45, 2.75) is 25.9 Å². The monoisotopic (exact) mass is 439 g/mol. The fraction of sp³-hybridized carbons (Fsp3) is 0.375. The number of rotatable bonds is 4. The maximum Gasteiger partial charge on any atom is 0.233 e. The second-order valence-electron chi connectivity index (χ2n) is 5.91. The van der Waals surface area contributed by atoms with Gasteiger partial charge in [0.2, 0.25) is 16.8 Å². The number of anilines is 1. The molecule has 0 atom stereocenters. The van der Waals surface area contributed by atoms with Crippen LogP contribution in [0, 0.1) is 12.7 Å². The predicted octanol–water partition coefficient (Wildman–Crippen LogP) is 3.85. The van der Waals surface area contributed by atoms with Crippen LogP contribution >= 0.6 is 27.3 Å². The Labute approximate surface area is 161 Å². The Morgan fingerprint density at radius 1 is 1.31 bits per heavy atom. The highest BCUT2D eigenvalue weighted by atomic mass is 79.9. The molecular weight excluding hydrogens is 425 g/mol. The highest BCUT2D eigenvalue weighted by molar-refractivity contribution is 9.10. The summed E-state index contributed by atoms with van der Waals surface area (Å²) in [4.78, 5) is 6.35. The van der Waals surface area contributed by atoms with E-state index >= 15 is 0 Å². The average molecular weight is 440 g/mol. The molecule has 0 aliphatic carbocycles. The van der Waals surface area contributed by atoms with Crippen molar-refractivity contribution in [3.05, 3.63) is 34.4 Å². The number of aryl methyl sites for hydroxylation is 1. The van der Waals surface area contributed by atoms with Crippen molar-refractivity contribution in [2.75, 3.05) is 18.0 Å². The Kier molecular flexibility index (Phi) is 4.86. The second-order valence-corrected chi connectivity index (χ2v) is 7.72. The van der Waals surface area contributed by atoms with Crippen LogP contribution in [0.3, 0.4) is 0 Å². The lowest BCUT2D eigenvalue weighted by Gasteiger charge is -2.31. The van der Waals surface area contributed by atoms with Gasteiger partial charge in [-0.15, -0.1) is 10.2 Å². The number of hydrogen-bond donors (Lipinski definition) is 0. The zero-order valence-electron chi connectivity index (χ0n) is 13.9. The van der Waals surface area contributed by atoms with Crippen LogP contribution in [0.2, 0.25) is 0 Å². The van der Waals surface area contributed by atoms with Crippen molar-refractivity contribution < 1.29 is 13.7 Å². The molecule has 1 saturated heterocycles. The van der Waals surface area contributed by atoms with Gasteiger partial charge in [0.1, 0.15) is 17.7 Å². The highest BCUT2D eigenvalue weighted by Crippen LogP contribution is 2.31. The molecule has 3 heterocycles. The smallest absolute Gasteiger partial charge is 0.233 e. The molecule has 10 heteroatoms. The van der Waals surface area contributed by atoms with E-state index in [0.717, 1.165) is 31.1 Å². The summed E-state index contributed by atoms with van der Waals surface area (Å²) in [5.74, 6) is 1.34. The van der Waals surface area contributed by atoms with Crippen molar-refractivity contribution in [2.24, 2.45) is 0 Å². The number of piperidine rings is 1. The number of halogens is 2. The van der Waals surface area contributed by atoms with Gasteiger partial charge in [-0.25, -0.2) is 4.39 Å². The Morgan fingerprint density at radius 2 is 2.12 bits per heavy atom. The molecule has 0 bridgehead atoms. The van der Waals surface area contributed by atoms with Gasteiger partial charge in [-0.05, 0) is 34.1 Å². The van der Waals surface area contributed by atoms with Gasteiger partial charge in [0, 0.05) is 32.9 Å². The molecule has 0 unspecified atom stereocenters. The molecule has 2 aromatic heterocycles. The Bertz CT molecular complexity index is 910. The minimum absolute atomic E-state index is 0.0836. The first-order valence-corrected chi connectivity index (χ1v) is 9.70. The molecule has 26 heavy (non-hydrogen) atoms. The SMILES string of the molecule is Cc1nc(-c2nnc(N3CCC(Oc4ccc(F)cc4Br)CC3)s2)no1. The molecule has 0 radical (unpaired) electrons. The largest absolute Gasteiger partial charge is 0.489 e. The molecule has 0 N–H and O–H groups in total. The lowest BCUT2D eigenvalue weighted by molar-refractivity contribution is 0.169. The molecule has 0 amide bonds. The van der Waals surface area contributed by atoms with Gasteiger partial charge in [-0.2, -0.15) is 4.98 Å². The van der Waals surface area contributed by atoms with Crippen molar-refractivity contribution >= 4 is 32.4 Å². The molecule has 0 spiro atoms. The zero-order valence-corrected chi connectivity index (χ0v) is 16.3. The molecular formula is C16H15BrFN5O2S. The van der Waals surface area contributed by atoms with Gasteiger partial charge in [0.15, 0.2) is 5.01 Å². The molecule has 1 aliphatic heterocycles. The maximum atomic E-state index is 13.2. The van der Waals surface area contributed by atoms with Gasteiger partial charge >= 0.3 is 0 Å². The van der Waals surface area contributed by atoms with Crippen LogP contribution in [0.15, 0.2) is 27.2 Å². The molecule has 1 aliphatic rings. The van der Waals surface area contributed by atoms with Crippen LogP contribution < -0.4 is 9.64 Å². The van der Waals surface area contributed by atoms with Gasteiger partial charge in [0.25, 0.3) is 0 Å². The molecule has 7 nitrogen and oxygen atoms in total. The van der Waals surface area contributed by atoms with Crippen molar-refractivity contribution in [1.29, 1.82) is 0 Å². The van der Waals surface area contributed by atoms with E-state index in [-0.39, 0.29) is 11.9 Å². The third-order valence-corrected chi connectivity index (χ3v) is 5.63. The molecule has 1 fully saturated rings. The standard InChI is InChI=1S/C16H15BrFN5O2S/c1-9-19-14(22-25-9)15-20-21-16(26-15)23-6-4-11(5-7-23)24-13-3-2-10(18)8-12(13)17/h2-3,8,11H,4-7H2,1H3. The van der Waals surface area contributed by atoms with E-state index < -0.39 is 0 Å². The van der Waals surface area contributed by atoms with E-state index in [1.54, 1.807) is 13.0 Å². The van der Waals surface area contributed by atoms with Crippen molar-refractivity contribution in [3.8, 4) is 16.6 Å². The van der Waals surface area contributed by atoms with Crippen LogP contribution in [0.4, 0.5) is 9.52 Å². The van der Waals surface area contributed by atoms with Gasteiger partial charge in [-0.3, -0.25) is 0 Å². The summed E-state index contributed by atoms with van der Waals surface area (Å²) >= 11 is 4.78. The first-order valence-electron chi connectivity index (χ1n) is 8.09. The number of ether oxygens (including phenoxy) is 1. The lowest BCUT2D eigenvalue weighted by atomic mass is 10.1. The summed E-state index contributed by atoms with van der Waals surface area (Å²) in [5, 5.41) is 13.7. The minimum atomic E-state index is -0.289. The molecule has 1 aromatic carbocycles. The van der Waals surface area contributed by atoms with Crippen LogP contribution in [-0.4, -0.2) is 39.5 Å². The molecule has 0 saturated carbocycles. The summed E-state index contributed by atoms with van der Waals surface area (Å²) in [6, 6.07) is 4.46. The Morgan fingerprint density at radius 3 is 2.81 bits per heavy atom. The van der Waals surface area contributed by atoms with E-state index in [9.17, 15) is 4.39 Å². The number of aromatic nitrogens is 4. The Balaban J connectivity index is 1.37. The van der Waals surface area contributed by atoms with Gasteiger partial charge < -0.3 is 14.2 Å². The summed E-state index contributed by atoms with van der Waals surface area (Å²) in [5.41, 5.74) is 0. The van der Waals surface area contributed by atoms with E-state index in [2.05, 4.69) is 41.2 Å². The third kappa shape index (κ3) is 3.70. The average Bonchev–Trinajstić information content (AvgIpc) is 3.27. The number of hydrogen-bond acceptors (Lipinski definition) is 8. The van der Waals surface area contributed by atoms with Crippen LogP contribution in [0.5, 0.6) is 5.75 Å². The first kappa shape index (κ1) is 17.3. The third-order valence-electron chi connectivity index (χ3n) is 4.03. The normalized spacial score (nSPS) is 15.4. The number of benzene rings is 1. The van der Waals surface area contributed by atoms with E-state index in [1.165, 1.54) is 23.5 Å². The molecule has 136 valence electrons. The summed E-state index contributed by atoms with van der Waals surface area (Å²) < 4.78 is 24.8. The fourth-order valence-electron chi connectivity index (χ4n) is 2.74. The quantitative estimate of drug-likeness (QED) is 0.610. The topological polar surface area (TPSA) is 77.2 Å². The van der Waals surface area contributed by atoms with E-state index in [1.807, 2.05) is 0 Å². The van der Waals surface area contributed by atoms with Crippen LogP contribution in [0.1, 0.15) is 18.7 Å². The highest BCUT2D eigenvalue weighted by Gasteiger charge is 2.24. The van der Waals surface area contributed by atoms with Gasteiger partial charge in [0.05, 0.1) is 4.47 Å². The zero-order chi connectivity index (χ0) is 18.1. The van der Waals surface area contributed by atoms with Gasteiger partial charge in [-0.1, -0.05) is 16.5 Å². The summed E-state index contributed by atoms with van der Waals surface area (Å²) in [7, 11) is 0. The van der Waals surface area contributed by atoms with E-state index in [0.29, 0.717) is 26.9 Å². The van der Waals surface area contributed by atoms with Crippen molar-refractivity contribution in [1.82, 2.24) is 20.3 Å². The Hall–Kier alpha value is -2.07.